The summed E-state index contributed by atoms with van der Waals surface area (Å²) in [6, 6.07) is 13.5. The van der Waals surface area contributed by atoms with E-state index in [1.807, 2.05) is 49.4 Å². The number of benzene rings is 2. The zero-order chi connectivity index (χ0) is 27.2. The predicted octanol–water partition coefficient (Wildman–Crippen LogP) is 1.16. The van der Waals surface area contributed by atoms with E-state index in [1.54, 1.807) is 10.8 Å². The first kappa shape index (κ1) is 27.5. The largest absolute Gasteiger partial charge is 0.494 e. The molecule has 202 valence electrons. The van der Waals surface area contributed by atoms with Crippen LogP contribution in [0.15, 0.2) is 48.7 Å². The Morgan fingerprint density at radius 2 is 1.89 bits per heavy atom. The van der Waals surface area contributed by atoms with Crippen LogP contribution in [0.1, 0.15) is 35.8 Å². The number of primary amides is 1. The number of hydrogen-bond donors (Lipinski definition) is 4. The molecule has 3 atom stereocenters. The molecule has 2 heterocycles. The first-order valence-corrected chi connectivity index (χ1v) is 12.6. The summed E-state index contributed by atoms with van der Waals surface area (Å²) in [6.07, 6.45) is -0.635. The van der Waals surface area contributed by atoms with E-state index in [1.165, 1.54) is 0 Å². The van der Waals surface area contributed by atoms with Gasteiger partial charge in [0.05, 0.1) is 18.7 Å². The molecule has 38 heavy (non-hydrogen) atoms. The second-order valence-corrected chi connectivity index (χ2v) is 9.40. The minimum absolute atomic E-state index is 0.314. The van der Waals surface area contributed by atoms with Crippen molar-refractivity contribution in [2.45, 2.75) is 44.6 Å². The van der Waals surface area contributed by atoms with Crippen molar-refractivity contribution in [3.8, 4) is 5.75 Å². The fourth-order valence-electron chi connectivity index (χ4n) is 4.64. The molecule has 0 bridgehead atoms. The molecule has 3 aromatic rings. The highest BCUT2D eigenvalue weighted by molar-refractivity contribution is 6.40. The summed E-state index contributed by atoms with van der Waals surface area (Å²) in [5, 5.41) is 23.6. The third kappa shape index (κ3) is 6.11. The summed E-state index contributed by atoms with van der Waals surface area (Å²) in [5.74, 6) is -1.39. The van der Waals surface area contributed by atoms with E-state index < -0.39 is 36.6 Å². The van der Waals surface area contributed by atoms with Gasteiger partial charge in [-0.3, -0.25) is 14.4 Å². The minimum atomic E-state index is -1.68. The number of nitrogens with two attached hydrogens (primary N) is 1. The average molecular weight is 524 g/mol. The Morgan fingerprint density at radius 1 is 1.13 bits per heavy atom. The molecule has 0 saturated carbocycles. The summed E-state index contributed by atoms with van der Waals surface area (Å²) in [4.78, 5) is 35.8. The molecular formula is C28H33N3O7. The molecule has 10 heteroatoms. The van der Waals surface area contributed by atoms with Crippen molar-refractivity contribution in [2.75, 3.05) is 26.3 Å². The van der Waals surface area contributed by atoms with Crippen molar-refractivity contribution in [1.82, 2.24) is 9.88 Å². The molecule has 4 rings (SSSR count). The van der Waals surface area contributed by atoms with Gasteiger partial charge in [0.2, 0.25) is 17.9 Å². The molecule has 0 unspecified atom stereocenters. The minimum Gasteiger partial charge on any atom is -0.494 e. The van der Waals surface area contributed by atoms with Crippen molar-refractivity contribution >= 4 is 28.4 Å². The van der Waals surface area contributed by atoms with Crippen LogP contribution in [0.5, 0.6) is 5.75 Å². The fraction of sp³-hybridized carbons (Fsp3) is 0.393. The monoisotopic (exact) mass is 523 g/mol. The summed E-state index contributed by atoms with van der Waals surface area (Å²) in [6.45, 7) is 3.22. The number of nitrogens with one attached hydrogen (secondary N) is 1. The number of amides is 1. The number of aliphatic hydroxyl groups is 2. The molecular weight excluding hydrogens is 490 g/mol. The van der Waals surface area contributed by atoms with Gasteiger partial charge in [-0.1, -0.05) is 24.3 Å². The third-order valence-corrected chi connectivity index (χ3v) is 6.60. The fourth-order valence-corrected chi connectivity index (χ4v) is 4.64. The molecule has 1 aliphatic rings. The van der Waals surface area contributed by atoms with Crippen LogP contribution in [0.4, 0.5) is 0 Å². The zero-order valence-corrected chi connectivity index (χ0v) is 21.3. The number of aliphatic hydroxyl groups excluding tert-OH is 2. The van der Waals surface area contributed by atoms with E-state index in [0.717, 1.165) is 46.3 Å². The summed E-state index contributed by atoms with van der Waals surface area (Å²) in [7, 11) is 0. The number of hydrogen-bond acceptors (Lipinski definition) is 8. The van der Waals surface area contributed by atoms with Gasteiger partial charge in [-0.2, -0.15) is 0 Å². The van der Waals surface area contributed by atoms with Gasteiger partial charge in [0, 0.05) is 24.5 Å². The number of aromatic nitrogens is 1. The first-order valence-electron chi connectivity index (χ1n) is 12.6. The Kier molecular flexibility index (Phi) is 8.90. The normalized spacial score (nSPS) is 19.7. The van der Waals surface area contributed by atoms with E-state index in [2.05, 4.69) is 5.32 Å². The van der Waals surface area contributed by atoms with Crippen LogP contribution in [-0.2, 0) is 25.5 Å². The van der Waals surface area contributed by atoms with Crippen LogP contribution in [0.3, 0.4) is 0 Å². The maximum Gasteiger partial charge on any atom is 0.250 e. The van der Waals surface area contributed by atoms with Crippen molar-refractivity contribution in [3.05, 3.63) is 65.4 Å². The maximum absolute atomic E-state index is 12.7. The van der Waals surface area contributed by atoms with Crippen LogP contribution in [0, 0.1) is 6.92 Å². The highest BCUT2D eigenvalue weighted by Gasteiger charge is 2.44. The molecule has 0 spiro atoms. The lowest BCUT2D eigenvalue weighted by molar-refractivity contribution is -0.182. The molecule has 5 N–H and O–H groups in total. The van der Waals surface area contributed by atoms with Crippen LogP contribution in [-0.4, -0.2) is 70.8 Å². The lowest BCUT2D eigenvalue weighted by Crippen LogP contribution is -2.51. The highest BCUT2D eigenvalue weighted by atomic mass is 16.5. The standard InChI is InChI=1S/C28H33N3O7/c1-17-4-2-5-21-24(17)19(15-31(21)28-27(36)26(35)25(34)22(16-32)38-28)14-18-6-8-20(9-7-18)37-13-3-11-30-12-10-23(29)33/h2,4-9,15,22,25,28,30,32,34H,3,10-14,16H2,1H3,(H2,29,33)/t22-,25-,28-/m1/s1. The van der Waals surface area contributed by atoms with Gasteiger partial charge >= 0.3 is 0 Å². The summed E-state index contributed by atoms with van der Waals surface area (Å²) in [5.41, 5.74) is 8.83. The molecule has 1 aromatic heterocycles. The van der Waals surface area contributed by atoms with Crippen LogP contribution >= 0.6 is 0 Å². The van der Waals surface area contributed by atoms with Gasteiger partial charge in [-0.25, -0.2) is 0 Å². The topological polar surface area (TPSA) is 153 Å². The van der Waals surface area contributed by atoms with Crippen LogP contribution in [0.25, 0.3) is 10.9 Å². The second-order valence-electron chi connectivity index (χ2n) is 9.40. The van der Waals surface area contributed by atoms with Gasteiger partial charge in [0.25, 0.3) is 5.78 Å². The second kappa shape index (κ2) is 12.3. The number of carbonyl (C=O) groups excluding carboxylic acids is 3. The first-order chi connectivity index (χ1) is 18.3. The quantitative estimate of drug-likeness (QED) is 0.204. The lowest BCUT2D eigenvalue weighted by Gasteiger charge is -2.31. The molecule has 10 nitrogen and oxygen atoms in total. The van der Waals surface area contributed by atoms with E-state index in [-0.39, 0.29) is 5.91 Å². The Balaban J connectivity index is 1.46. The summed E-state index contributed by atoms with van der Waals surface area (Å²) >= 11 is 0. The van der Waals surface area contributed by atoms with E-state index in [4.69, 9.17) is 15.2 Å². The van der Waals surface area contributed by atoms with Gasteiger partial charge in [0.15, 0.2) is 0 Å². The number of ether oxygens (including phenoxy) is 2. The smallest absolute Gasteiger partial charge is 0.250 e. The van der Waals surface area contributed by atoms with Gasteiger partial charge in [0.1, 0.15) is 18.0 Å². The number of carbonyl (C=O) groups is 3. The number of fused-ring (bicyclic) bond motifs is 1. The number of rotatable bonds is 12. The molecule has 1 saturated heterocycles. The third-order valence-electron chi connectivity index (χ3n) is 6.60. The maximum atomic E-state index is 12.7. The van der Waals surface area contributed by atoms with Crippen molar-refractivity contribution in [2.24, 2.45) is 5.73 Å². The van der Waals surface area contributed by atoms with Gasteiger partial charge in [-0.15, -0.1) is 0 Å². The molecule has 1 aliphatic heterocycles. The van der Waals surface area contributed by atoms with E-state index in [9.17, 15) is 24.6 Å². The summed E-state index contributed by atoms with van der Waals surface area (Å²) < 4.78 is 13.1. The lowest BCUT2D eigenvalue weighted by atomic mass is 10.0. The van der Waals surface area contributed by atoms with Crippen molar-refractivity contribution < 1.29 is 34.1 Å². The number of aryl methyl sites for hydroxylation is 1. The molecule has 0 aliphatic carbocycles. The Labute approximate surface area is 220 Å². The van der Waals surface area contributed by atoms with Gasteiger partial charge < -0.3 is 35.3 Å². The SMILES string of the molecule is Cc1cccc2c1c(Cc1ccc(OCCCNCCC(N)=O)cc1)cn2[C@@H]1O[C@H](CO)[C@@H](O)C(=O)C1=O. The number of ketones is 2. The molecule has 2 aromatic carbocycles. The Bertz CT molecular complexity index is 1300. The predicted molar refractivity (Wildman–Crippen MR) is 140 cm³/mol. The Hall–Kier alpha value is -3.57. The highest BCUT2D eigenvalue weighted by Crippen LogP contribution is 2.33. The number of Topliss-reactive ketones (excluding diaryl/α,β-unsaturated/α-hetero) is 2. The average Bonchev–Trinajstić information content (AvgIpc) is 3.27. The van der Waals surface area contributed by atoms with Crippen LogP contribution in [0.2, 0.25) is 0 Å². The molecule has 0 radical (unpaired) electrons. The number of nitrogens with zero attached hydrogens (tertiary/aromatic N) is 1. The Morgan fingerprint density at radius 3 is 2.61 bits per heavy atom. The van der Waals surface area contributed by atoms with E-state index in [0.29, 0.717) is 26.0 Å². The van der Waals surface area contributed by atoms with Crippen molar-refractivity contribution in [1.29, 1.82) is 0 Å². The molecule has 1 fully saturated rings. The zero-order valence-electron chi connectivity index (χ0n) is 21.3. The molecule has 1 amide bonds. The van der Waals surface area contributed by atoms with Crippen molar-refractivity contribution in [3.63, 3.8) is 0 Å². The van der Waals surface area contributed by atoms with Crippen LogP contribution < -0.4 is 15.8 Å². The van der Waals surface area contributed by atoms with E-state index >= 15 is 0 Å². The van der Waals surface area contributed by atoms with Gasteiger partial charge in [-0.05, 0) is 61.2 Å².